The summed E-state index contributed by atoms with van der Waals surface area (Å²) in [6.07, 6.45) is 3.13. The van der Waals surface area contributed by atoms with Crippen molar-refractivity contribution in [3.8, 4) is 0 Å². The van der Waals surface area contributed by atoms with Crippen molar-refractivity contribution in [3.05, 3.63) is 11.6 Å². The van der Waals surface area contributed by atoms with Gasteiger partial charge in [-0.25, -0.2) is 0 Å². The summed E-state index contributed by atoms with van der Waals surface area (Å²) < 4.78 is 5.43. The second kappa shape index (κ2) is 3.83. The highest BCUT2D eigenvalue weighted by molar-refractivity contribution is 5.75. The fourth-order valence-corrected chi connectivity index (χ4v) is 4.14. The Morgan fingerprint density at radius 2 is 2.11 bits per heavy atom. The van der Waals surface area contributed by atoms with Crippen LogP contribution in [0, 0.1) is 17.3 Å². The van der Waals surface area contributed by atoms with E-state index in [0.29, 0.717) is 19.3 Å². The molecule has 4 nitrogen and oxygen atoms in total. The molecule has 0 aromatic carbocycles. The van der Waals surface area contributed by atoms with Crippen LogP contribution in [0.3, 0.4) is 0 Å². The molecule has 0 aromatic rings. The highest BCUT2D eigenvalue weighted by atomic mass is 16.6. The van der Waals surface area contributed by atoms with E-state index in [1.165, 1.54) is 0 Å². The lowest BCUT2D eigenvalue weighted by Crippen LogP contribution is -2.53. The molecule has 2 aliphatic carbocycles. The molecule has 6 atom stereocenters. The minimum absolute atomic E-state index is 0.0346. The number of carbonyl (C=O) groups is 1. The van der Waals surface area contributed by atoms with Crippen LogP contribution in [-0.4, -0.2) is 34.0 Å². The number of hydrogen-bond donors (Lipinski definition) is 2. The third-order valence-electron chi connectivity index (χ3n) is 5.47. The van der Waals surface area contributed by atoms with Crippen molar-refractivity contribution in [1.29, 1.82) is 0 Å². The molecule has 1 saturated carbocycles. The lowest BCUT2D eigenvalue weighted by Gasteiger charge is -2.51. The predicted octanol–water partition coefficient (Wildman–Crippen LogP) is 1.41. The summed E-state index contributed by atoms with van der Waals surface area (Å²) in [6, 6.07) is 0. The summed E-state index contributed by atoms with van der Waals surface area (Å²) in [5, 5.41) is 21.0. The Balaban J connectivity index is 2.06. The first-order valence-corrected chi connectivity index (χ1v) is 7.09. The summed E-state index contributed by atoms with van der Waals surface area (Å²) >= 11 is 0. The number of carbonyl (C=O) groups excluding carboxylic acids is 1. The fraction of sp³-hybridized carbons (Fsp3) is 0.800. The maximum Gasteiger partial charge on any atom is 0.309 e. The Labute approximate surface area is 113 Å². The third-order valence-corrected chi connectivity index (χ3v) is 5.47. The van der Waals surface area contributed by atoms with Crippen molar-refractivity contribution in [3.63, 3.8) is 0 Å². The van der Waals surface area contributed by atoms with E-state index in [0.717, 1.165) is 5.57 Å². The molecule has 0 aromatic heterocycles. The topological polar surface area (TPSA) is 66.8 Å². The lowest BCUT2D eigenvalue weighted by molar-refractivity contribution is -0.146. The fourth-order valence-electron chi connectivity index (χ4n) is 4.14. The zero-order valence-electron chi connectivity index (χ0n) is 11.7. The zero-order valence-corrected chi connectivity index (χ0v) is 11.7. The summed E-state index contributed by atoms with van der Waals surface area (Å²) in [4.78, 5) is 11.7. The molecule has 106 valence electrons. The third kappa shape index (κ3) is 1.69. The van der Waals surface area contributed by atoms with Gasteiger partial charge in [0.1, 0.15) is 6.10 Å². The van der Waals surface area contributed by atoms with Crippen LogP contribution >= 0.6 is 0 Å². The van der Waals surface area contributed by atoms with Crippen LogP contribution < -0.4 is 0 Å². The first kappa shape index (κ1) is 13.1. The molecule has 0 unspecified atom stereocenters. The maximum absolute atomic E-state index is 11.7. The number of aliphatic hydroxyl groups is 2. The Morgan fingerprint density at radius 1 is 1.42 bits per heavy atom. The zero-order chi connectivity index (χ0) is 14.0. The van der Waals surface area contributed by atoms with Crippen LogP contribution in [0.15, 0.2) is 11.6 Å². The molecule has 0 bridgehead atoms. The molecule has 19 heavy (non-hydrogen) atoms. The van der Waals surface area contributed by atoms with Gasteiger partial charge in [-0.15, -0.1) is 0 Å². The van der Waals surface area contributed by atoms with E-state index in [1.54, 1.807) is 0 Å². The van der Waals surface area contributed by atoms with Gasteiger partial charge < -0.3 is 14.9 Å². The van der Waals surface area contributed by atoms with Gasteiger partial charge in [0, 0.05) is 11.3 Å². The van der Waals surface area contributed by atoms with Gasteiger partial charge in [-0.1, -0.05) is 19.9 Å². The van der Waals surface area contributed by atoms with Gasteiger partial charge in [-0.05, 0) is 31.8 Å². The average molecular weight is 266 g/mol. The largest absolute Gasteiger partial charge is 0.461 e. The minimum atomic E-state index is -0.885. The van der Waals surface area contributed by atoms with Crippen LogP contribution in [-0.2, 0) is 9.53 Å². The van der Waals surface area contributed by atoms with Crippen molar-refractivity contribution in [2.45, 2.75) is 57.8 Å². The SMILES string of the molecule is C[C@@H]1C(=O)O[C@@H]2C[C@]3(C)C(=C[C@H]12)[C@](C)(O)CC[C@H]3O. The molecule has 1 heterocycles. The average Bonchev–Trinajstić information content (AvgIpc) is 2.59. The summed E-state index contributed by atoms with van der Waals surface area (Å²) in [5.41, 5.74) is -0.470. The molecule has 3 aliphatic rings. The first-order valence-electron chi connectivity index (χ1n) is 7.09. The van der Waals surface area contributed by atoms with E-state index in [9.17, 15) is 15.0 Å². The molecule has 0 spiro atoms. The van der Waals surface area contributed by atoms with E-state index in [-0.39, 0.29) is 23.9 Å². The maximum atomic E-state index is 11.7. The van der Waals surface area contributed by atoms with Gasteiger partial charge in [0.15, 0.2) is 0 Å². The van der Waals surface area contributed by atoms with Gasteiger partial charge in [0.05, 0.1) is 17.6 Å². The van der Waals surface area contributed by atoms with Gasteiger partial charge >= 0.3 is 5.97 Å². The highest BCUT2D eigenvalue weighted by Crippen LogP contribution is 2.55. The van der Waals surface area contributed by atoms with Gasteiger partial charge in [0.25, 0.3) is 0 Å². The highest BCUT2D eigenvalue weighted by Gasteiger charge is 2.56. The standard InChI is InChI=1S/C15H22O4/c1-8-9-6-11-14(2,7-10(9)19-13(8)17)12(16)4-5-15(11,3)18/h6,8-10,12,16,18H,4-5,7H2,1-3H3/t8-,9+,10+,12+,14+,15+/m0/s1. The number of rotatable bonds is 0. The van der Waals surface area contributed by atoms with E-state index in [2.05, 4.69) is 0 Å². The first-order chi connectivity index (χ1) is 8.75. The second-order valence-corrected chi connectivity index (χ2v) is 6.87. The van der Waals surface area contributed by atoms with Crippen molar-refractivity contribution < 1.29 is 19.7 Å². The molecule has 2 fully saturated rings. The number of esters is 1. The number of hydrogen-bond acceptors (Lipinski definition) is 4. The van der Waals surface area contributed by atoms with E-state index in [4.69, 9.17) is 4.74 Å². The van der Waals surface area contributed by atoms with Crippen molar-refractivity contribution >= 4 is 5.97 Å². The van der Waals surface area contributed by atoms with Crippen molar-refractivity contribution in [2.24, 2.45) is 17.3 Å². The van der Waals surface area contributed by atoms with Crippen LogP contribution in [0.2, 0.25) is 0 Å². The number of fused-ring (bicyclic) bond motifs is 2. The predicted molar refractivity (Wildman–Crippen MR) is 69.2 cm³/mol. The molecular weight excluding hydrogens is 244 g/mol. The van der Waals surface area contributed by atoms with Crippen LogP contribution in [0.5, 0.6) is 0 Å². The number of aliphatic hydroxyl groups excluding tert-OH is 1. The summed E-state index contributed by atoms with van der Waals surface area (Å²) in [7, 11) is 0. The van der Waals surface area contributed by atoms with Gasteiger partial charge in [-0.3, -0.25) is 4.79 Å². The van der Waals surface area contributed by atoms with Crippen LogP contribution in [0.1, 0.15) is 40.0 Å². The van der Waals surface area contributed by atoms with E-state index >= 15 is 0 Å². The Bertz CT molecular complexity index is 453. The molecule has 0 amide bonds. The Kier molecular flexibility index (Phi) is 2.64. The van der Waals surface area contributed by atoms with E-state index in [1.807, 2.05) is 26.8 Å². The molecule has 1 saturated heterocycles. The Morgan fingerprint density at radius 3 is 2.79 bits per heavy atom. The quantitative estimate of drug-likeness (QED) is 0.514. The molecule has 4 heteroatoms. The number of ether oxygens (including phenoxy) is 1. The second-order valence-electron chi connectivity index (χ2n) is 6.87. The van der Waals surface area contributed by atoms with E-state index < -0.39 is 17.1 Å². The summed E-state index contributed by atoms with van der Waals surface area (Å²) in [6.45, 7) is 5.66. The van der Waals surface area contributed by atoms with Crippen LogP contribution in [0.4, 0.5) is 0 Å². The van der Waals surface area contributed by atoms with Gasteiger partial charge in [0.2, 0.25) is 0 Å². The Hall–Kier alpha value is -0.870. The van der Waals surface area contributed by atoms with Crippen molar-refractivity contribution in [1.82, 2.24) is 0 Å². The molecule has 0 radical (unpaired) electrons. The van der Waals surface area contributed by atoms with Crippen LogP contribution in [0.25, 0.3) is 0 Å². The van der Waals surface area contributed by atoms with Gasteiger partial charge in [-0.2, -0.15) is 0 Å². The summed E-state index contributed by atoms with van der Waals surface area (Å²) in [5.74, 6) is -0.285. The smallest absolute Gasteiger partial charge is 0.309 e. The minimum Gasteiger partial charge on any atom is -0.461 e. The normalized spacial score (nSPS) is 53.1. The molecular formula is C15H22O4. The van der Waals surface area contributed by atoms with Crippen molar-refractivity contribution in [2.75, 3.05) is 0 Å². The lowest BCUT2D eigenvalue weighted by atomic mass is 9.57. The molecule has 2 N–H and O–H groups in total. The molecule has 3 rings (SSSR count). The monoisotopic (exact) mass is 266 g/mol. The molecule has 1 aliphatic heterocycles.